The van der Waals surface area contributed by atoms with E-state index in [0.717, 1.165) is 16.5 Å². The van der Waals surface area contributed by atoms with Gasteiger partial charge in [0.25, 0.3) is 5.91 Å². The molecule has 0 saturated carbocycles. The molecular weight excluding hydrogens is 282 g/mol. The zero-order chi connectivity index (χ0) is 15.7. The highest BCUT2D eigenvalue weighted by molar-refractivity contribution is 5.94. The van der Waals surface area contributed by atoms with Crippen molar-refractivity contribution in [3.8, 4) is 0 Å². The Balaban J connectivity index is 1.68. The second-order valence-electron chi connectivity index (χ2n) is 5.20. The van der Waals surface area contributed by atoms with Gasteiger partial charge in [-0.1, -0.05) is 18.2 Å². The Morgan fingerprint density at radius 2 is 2.14 bits per heavy atom. The van der Waals surface area contributed by atoms with E-state index in [-0.39, 0.29) is 5.56 Å². The van der Waals surface area contributed by atoms with Gasteiger partial charge in [0.2, 0.25) is 0 Å². The van der Waals surface area contributed by atoms with Crippen molar-refractivity contribution in [3.63, 3.8) is 0 Å². The fourth-order valence-corrected chi connectivity index (χ4v) is 2.54. The molecule has 6 heteroatoms. The number of fused-ring (bicyclic) bond motifs is 1. The number of benzene rings is 1. The van der Waals surface area contributed by atoms with E-state index in [1.54, 1.807) is 14.0 Å². The van der Waals surface area contributed by atoms with E-state index in [4.69, 9.17) is 4.52 Å². The molecule has 6 nitrogen and oxygen atoms in total. The lowest BCUT2D eigenvalue weighted by molar-refractivity contribution is 0.0951. The van der Waals surface area contributed by atoms with Gasteiger partial charge in [-0.3, -0.25) is 4.79 Å². The number of aromatic amines is 1. The molecule has 0 saturated heterocycles. The second-order valence-corrected chi connectivity index (χ2v) is 5.20. The monoisotopic (exact) mass is 299 g/mol. The van der Waals surface area contributed by atoms with Crippen LogP contribution in [0.1, 0.15) is 21.6 Å². The van der Waals surface area contributed by atoms with Crippen molar-refractivity contribution in [2.45, 2.75) is 13.3 Å². The molecule has 0 aliphatic heterocycles. The molecule has 0 fully saturated rings. The predicted octanol–water partition coefficient (Wildman–Crippen LogP) is 1.74. The summed E-state index contributed by atoms with van der Waals surface area (Å²) in [5.74, 6) is -0.397. The Bertz CT molecular complexity index is 886. The molecule has 0 radical (unpaired) electrons. The Morgan fingerprint density at radius 3 is 2.86 bits per heavy atom. The number of carbonyl (C=O) groups is 1. The van der Waals surface area contributed by atoms with Gasteiger partial charge in [-0.15, -0.1) is 0 Å². The summed E-state index contributed by atoms with van der Waals surface area (Å²) in [6.45, 7) is 2.13. The lowest BCUT2D eigenvalue weighted by Crippen LogP contribution is -2.29. The number of para-hydroxylation sites is 1. The summed E-state index contributed by atoms with van der Waals surface area (Å²) in [5.41, 5.74) is 2.19. The van der Waals surface area contributed by atoms with Crippen LogP contribution in [0, 0.1) is 6.92 Å². The molecule has 3 aromatic rings. The van der Waals surface area contributed by atoms with Gasteiger partial charge in [0.05, 0.1) is 5.69 Å². The minimum Gasteiger partial charge on any atom is -0.361 e. The quantitative estimate of drug-likeness (QED) is 0.770. The molecule has 0 spiro atoms. The molecule has 3 rings (SSSR count). The Kier molecular flexibility index (Phi) is 3.58. The van der Waals surface area contributed by atoms with E-state index in [1.165, 1.54) is 4.74 Å². The molecule has 1 aromatic carbocycles. The van der Waals surface area contributed by atoms with Crippen molar-refractivity contribution in [1.29, 1.82) is 0 Å². The molecule has 0 unspecified atom stereocenters. The van der Waals surface area contributed by atoms with E-state index in [9.17, 15) is 9.59 Å². The zero-order valence-electron chi connectivity index (χ0n) is 12.5. The third kappa shape index (κ3) is 2.43. The topological polar surface area (TPSA) is 80.0 Å². The number of nitrogens with one attached hydrogen (secondary N) is 2. The molecule has 0 aliphatic carbocycles. The lowest BCUT2D eigenvalue weighted by atomic mass is 10.1. The summed E-state index contributed by atoms with van der Waals surface area (Å²) in [7, 11) is 1.60. The smallest absolute Gasteiger partial charge is 0.361 e. The van der Waals surface area contributed by atoms with Crippen LogP contribution in [-0.4, -0.2) is 22.2 Å². The number of aryl methyl sites for hydroxylation is 1. The minimum absolute atomic E-state index is 0.0708. The summed E-state index contributed by atoms with van der Waals surface area (Å²) >= 11 is 0. The Hall–Kier alpha value is -2.76. The number of nitrogens with zero attached hydrogens (tertiary/aromatic N) is 1. The molecule has 2 N–H and O–H groups in total. The van der Waals surface area contributed by atoms with Gasteiger partial charge in [-0.2, -0.15) is 0 Å². The van der Waals surface area contributed by atoms with E-state index >= 15 is 0 Å². The summed E-state index contributed by atoms with van der Waals surface area (Å²) in [6, 6.07) is 8.01. The predicted molar refractivity (Wildman–Crippen MR) is 83.0 cm³/mol. The van der Waals surface area contributed by atoms with E-state index < -0.39 is 11.5 Å². The van der Waals surface area contributed by atoms with Gasteiger partial charge < -0.3 is 14.8 Å². The van der Waals surface area contributed by atoms with Crippen LogP contribution in [-0.2, 0) is 13.5 Å². The van der Waals surface area contributed by atoms with E-state index in [2.05, 4.69) is 10.3 Å². The van der Waals surface area contributed by atoms with Gasteiger partial charge >= 0.3 is 5.63 Å². The fourth-order valence-electron chi connectivity index (χ4n) is 2.54. The fraction of sp³-hybridized carbons (Fsp3) is 0.250. The number of amides is 1. The number of H-pyrrole nitrogens is 1. The standard InChI is InChI=1S/C16H17N3O3/c1-10-14(16(21)22-19(10)2)15(20)17-8-7-11-9-18-13-6-4-3-5-12(11)13/h3-6,9,18H,7-8H2,1-2H3,(H,17,20). The van der Waals surface area contributed by atoms with Crippen LogP contribution in [0.25, 0.3) is 10.9 Å². The van der Waals surface area contributed by atoms with Crippen molar-refractivity contribution >= 4 is 16.8 Å². The highest BCUT2D eigenvalue weighted by Gasteiger charge is 2.19. The average Bonchev–Trinajstić information content (AvgIpc) is 3.01. The molecule has 1 amide bonds. The summed E-state index contributed by atoms with van der Waals surface area (Å²) in [4.78, 5) is 26.9. The van der Waals surface area contributed by atoms with Gasteiger partial charge in [0.1, 0.15) is 5.56 Å². The number of aromatic nitrogens is 2. The Labute approximate surface area is 126 Å². The lowest BCUT2D eigenvalue weighted by Gasteiger charge is -2.03. The van der Waals surface area contributed by atoms with E-state index in [1.807, 2.05) is 30.5 Å². The molecule has 0 atom stereocenters. The summed E-state index contributed by atoms with van der Waals surface area (Å²) in [5, 5.41) is 3.92. The Morgan fingerprint density at radius 1 is 1.36 bits per heavy atom. The molecule has 22 heavy (non-hydrogen) atoms. The zero-order valence-corrected chi connectivity index (χ0v) is 12.5. The van der Waals surface area contributed by atoms with Crippen LogP contribution in [0.4, 0.5) is 0 Å². The number of hydrogen-bond donors (Lipinski definition) is 2. The second kappa shape index (κ2) is 5.55. The maximum atomic E-state index is 12.1. The maximum Gasteiger partial charge on any atom is 0.370 e. The SMILES string of the molecule is Cc1c(C(=O)NCCc2c[nH]c3ccccc23)c(=O)on1C. The number of carbonyl (C=O) groups excluding carboxylic acids is 1. The first-order valence-electron chi connectivity index (χ1n) is 7.08. The van der Waals surface area contributed by atoms with Crippen LogP contribution in [0.3, 0.4) is 0 Å². The largest absolute Gasteiger partial charge is 0.370 e. The third-order valence-corrected chi connectivity index (χ3v) is 3.84. The minimum atomic E-state index is -0.607. The highest BCUT2D eigenvalue weighted by atomic mass is 16.5. The first-order chi connectivity index (χ1) is 10.6. The normalized spacial score (nSPS) is 11.0. The van der Waals surface area contributed by atoms with Crippen molar-refractivity contribution in [3.05, 3.63) is 57.7 Å². The van der Waals surface area contributed by atoms with Gasteiger partial charge in [-0.05, 0) is 25.0 Å². The van der Waals surface area contributed by atoms with Crippen LogP contribution >= 0.6 is 0 Å². The van der Waals surface area contributed by atoms with Gasteiger partial charge in [0.15, 0.2) is 0 Å². The van der Waals surface area contributed by atoms with Crippen LogP contribution in [0.15, 0.2) is 39.8 Å². The average molecular weight is 299 g/mol. The summed E-state index contributed by atoms with van der Waals surface area (Å²) in [6.07, 6.45) is 2.63. The number of rotatable bonds is 4. The van der Waals surface area contributed by atoms with Crippen molar-refractivity contribution < 1.29 is 9.32 Å². The first kappa shape index (κ1) is 14.2. The molecule has 114 valence electrons. The van der Waals surface area contributed by atoms with Crippen molar-refractivity contribution in [1.82, 2.24) is 15.0 Å². The van der Waals surface area contributed by atoms with Crippen LogP contribution < -0.4 is 10.9 Å². The molecule has 2 aromatic heterocycles. The molecule has 2 heterocycles. The first-order valence-corrected chi connectivity index (χ1v) is 7.08. The molecule has 0 bridgehead atoms. The highest BCUT2D eigenvalue weighted by Crippen LogP contribution is 2.17. The van der Waals surface area contributed by atoms with Crippen LogP contribution in [0.5, 0.6) is 0 Å². The van der Waals surface area contributed by atoms with Crippen molar-refractivity contribution in [2.75, 3.05) is 6.54 Å². The third-order valence-electron chi connectivity index (χ3n) is 3.84. The molecule has 0 aliphatic rings. The van der Waals surface area contributed by atoms with Crippen LogP contribution in [0.2, 0.25) is 0 Å². The molecular formula is C16H17N3O3. The van der Waals surface area contributed by atoms with Crippen molar-refractivity contribution in [2.24, 2.45) is 7.05 Å². The van der Waals surface area contributed by atoms with Gasteiger partial charge in [0, 0.05) is 30.7 Å². The van der Waals surface area contributed by atoms with Gasteiger partial charge in [-0.25, -0.2) is 9.53 Å². The number of hydrogen-bond acceptors (Lipinski definition) is 3. The maximum absolute atomic E-state index is 12.1. The summed E-state index contributed by atoms with van der Waals surface area (Å²) < 4.78 is 6.17. The van der Waals surface area contributed by atoms with E-state index in [0.29, 0.717) is 18.7 Å².